The molecule has 3 fully saturated rings. The van der Waals surface area contributed by atoms with Crippen LogP contribution in [0.25, 0.3) is 0 Å². The Morgan fingerprint density at radius 3 is 2.52 bits per heavy atom. The maximum Gasteiger partial charge on any atom is 0.243 e. The fourth-order valence-corrected chi connectivity index (χ4v) is 5.85. The number of carbonyl (C=O) groups excluding carboxylic acids is 1. The van der Waals surface area contributed by atoms with Crippen LogP contribution in [-0.2, 0) is 19.6 Å². The van der Waals surface area contributed by atoms with Gasteiger partial charge in [-0.1, -0.05) is 17.7 Å². The Bertz CT molecular complexity index is 796. The fourth-order valence-electron chi connectivity index (χ4n) is 4.30. The average molecular weight is 393 g/mol. The van der Waals surface area contributed by atoms with Crippen LogP contribution < -0.4 is 5.32 Å². The summed E-state index contributed by atoms with van der Waals surface area (Å²) in [5.41, 5.74) is 0.706. The predicted molar refractivity (Wildman–Crippen MR) is 102 cm³/mol. The number of carbonyl (C=O) groups is 1. The van der Waals surface area contributed by atoms with Gasteiger partial charge in [-0.15, -0.1) is 0 Å². The molecule has 2 aliphatic heterocycles. The molecule has 2 heterocycles. The predicted octanol–water partition coefficient (Wildman–Crippen LogP) is 1.94. The number of ether oxygens (including phenoxy) is 1. The van der Waals surface area contributed by atoms with Crippen molar-refractivity contribution in [1.29, 1.82) is 0 Å². The Hall–Kier alpha value is -1.44. The van der Waals surface area contributed by atoms with Gasteiger partial charge in [0.05, 0.1) is 10.8 Å². The maximum atomic E-state index is 13.2. The van der Waals surface area contributed by atoms with E-state index in [-0.39, 0.29) is 23.8 Å². The highest BCUT2D eigenvalue weighted by atomic mass is 32.2. The minimum absolute atomic E-state index is 0.00501. The minimum Gasteiger partial charge on any atom is -0.381 e. The van der Waals surface area contributed by atoms with Gasteiger partial charge >= 0.3 is 0 Å². The summed E-state index contributed by atoms with van der Waals surface area (Å²) in [5, 5.41) is 3.08. The highest BCUT2D eigenvalue weighted by Gasteiger charge is 2.53. The van der Waals surface area contributed by atoms with Crippen molar-refractivity contribution in [1.82, 2.24) is 9.62 Å². The van der Waals surface area contributed by atoms with Gasteiger partial charge in [0.15, 0.2) is 0 Å². The molecular formula is C20H28N2O4S. The molecule has 0 bridgehead atoms. The first-order valence-electron chi connectivity index (χ1n) is 9.83. The minimum atomic E-state index is -3.60. The number of hydrogen-bond acceptors (Lipinski definition) is 4. The maximum absolute atomic E-state index is 13.2. The second-order valence-corrected chi connectivity index (χ2v) is 10.3. The van der Waals surface area contributed by atoms with Crippen LogP contribution in [0.3, 0.4) is 0 Å². The Balaban J connectivity index is 1.57. The number of amides is 1. The normalized spacial score (nSPS) is 25.6. The smallest absolute Gasteiger partial charge is 0.243 e. The van der Waals surface area contributed by atoms with Crippen molar-refractivity contribution in [3.63, 3.8) is 0 Å². The van der Waals surface area contributed by atoms with Gasteiger partial charge in [-0.2, -0.15) is 4.31 Å². The van der Waals surface area contributed by atoms with Crippen LogP contribution >= 0.6 is 0 Å². The number of nitrogens with zero attached hydrogens (tertiary/aromatic N) is 1. The van der Waals surface area contributed by atoms with Crippen LogP contribution in [0.4, 0.5) is 0 Å². The summed E-state index contributed by atoms with van der Waals surface area (Å²) in [5.74, 6) is 0.305. The van der Waals surface area contributed by atoms with Crippen LogP contribution in [0.2, 0.25) is 0 Å². The van der Waals surface area contributed by atoms with Crippen molar-refractivity contribution in [2.24, 2.45) is 17.3 Å². The summed E-state index contributed by atoms with van der Waals surface area (Å²) in [6, 6.07) is 6.93. The molecule has 1 aromatic carbocycles. The first-order chi connectivity index (χ1) is 12.9. The van der Waals surface area contributed by atoms with E-state index in [1.807, 2.05) is 19.1 Å². The van der Waals surface area contributed by atoms with Crippen molar-refractivity contribution >= 4 is 15.9 Å². The quantitative estimate of drug-likeness (QED) is 0.831. The van der Waals surface area contributed by atoms with E-state index >= 15 is 0 Å². The molecule has 27 heavy (non-hydrogen) atoms. The first kappa shape index (κ1) is 18.9. The van der Waals surface area contributed by atoms with Gasteiger partial charge in [0.2, 0.25) is 15.9 Å². The van der Waals surface area contributed by atoms with Crippen LogP contribution in [0.1, 0.15) is 31.2 Å². The molecule has 0 aromatic heterocycles. The van der Waals surface area contributed by atoms with Crippen molar-refractivity contribution in [3.8, 4) is 0 Å². The number of sulfonamides is 1. The summed E-state index contributed by atoms with van der Waals surface area (Å²) in [6.45, 7) is 4.48. The van der Waals surface area contributed by atoms with E-state index < -0.39 is 10.0 Å². The summed E-state index contributed by atoms with van der Waals surface area (Å²) in [7, 11) is -3.60. The molecule has 2 saturated heterocycles. The zero-order chi connectivity index (χ0) is 19.1. The lowest BCUT2D eigenvalue weighted by Crippen LogP contribution is -2.44. The van der Waals surface area contributed by atoms with Crippen molar-refractivity contribution in [3.05, 3.63) is 29.8 Å². The van der Waals surface area contributed by atoms with Gasteiger partial charge in [-0.25, -0.2) is 8.42 Å². The standard InChI is InChI=1S/C20H28N2O4S/c1-15-2-6-17(7-3-15)27(24,25)22-13-18(19(23)21-12-16-4-5-16)20(14-22)8-10-26-11-9-20/h2-3,6-7,16,18H,4-5,8-14H2,1H3,(H,21,23)/t18-/m1/s1. The van der Waals surface area contributed by atoms with E-state index in [1.165, 1.54) is 17.1 Å². The van der Waals surface area contributed by atoms with Gasteiger partial charge in [0.1, 0.15) is 0 Å². The Morgan fingerprint density at radius 1 is 1.22 bits per heavy atom. The summed E-state index contributed by atoms with van der Waals surface area (Å²) >= 11 is 0. The zero-order valence-electron chi connectivity index (χ0n) is 15.8. The topological polar surface area (TPSA) is 75.7 Å². The van der Waals surface area contributed by atoms with Gasteiger partial charge in [0.25, 0.3) is 0 Å². The van der Waals surface area contributed by atoms with E-state index in [0.29, 0.717) is 37.1 Å². The third-order valence-corrected chi connectivity index (χ3v) is 8.17. The van der Waals surface area contributed by atoms with Crippen LogP contribution in [0, 0.1) is 24.2 Å². The third-order valence-electron chi connectivity index (χ3n) is 6.34. The largest absolute Gasteiger partial charge is 0.381 e. The highest BCUT2D eigenvalue weighted by molar-refractivity contribution is 7.89. The van der Waals surface area contributed by atoms with Crippen molar-refractivity contribution < 1.29 is 17.9 Å². The number of rotatable bonds is 5. The lowest BCUT2D eigenvalue weighted by atomic mass is 9.72. The molecule has 1 amide bonds. The molecule has 0 radical (unpaired) electrons. The lowest BCUT2D eigenvalue weighted by molar-refractivity contribution is -0.129. The molecule has 1 atom stereocenters. The number of nitrogens with one attached hydrogen (secondary N) is 1. The van der Waals surface area contributed by atoms with E-state index in [0.717, 1.165) is 18.4 Å². The van der Waals surface area contributed by atoms with Gasteiger partial charge in [-0.05, 0) is 50.7 Å². The Labute approximate surface area is 161 Å². The fraction of sp³-hybridized carbons (Fsp3) is 0.650. The molecule has 6 nitrogen and oxygen atoms in total. The van der Waals surface area contributed by atoms with Gasteiger partial charge < -0.3 is 10.1 Å². The first-order valence-corrected chi connectivity index (χ1v) is 11.3. The molecule has 148 valence electrons. The lowest BCUT2D eigenvalue weighted by Gasteiger charge is -2.37. The van der Waals surface area contributed by atoms with Gasteiger partial charge in [0, 0.05) is 38.3 Å². The molecule has 1 N–H and O–H groups in total. The number of benzene rings is 1. The SMILES string of the molecule is Cc1ccc(S(=O)(=O)N2C[C@H](C(=O)NCC3CC3)C3(CCOCC3)C2)cc1. The van der Waals surface area contributed by atoms with E-state index in [1.54, 1.807) is 12.1 Å². The van der Waals surface area contributed by atoms with Crippen LogP contribution in [-0.4, -0.2) is 51.5 Å². The van der Waals surface area contributed by atoms with E-state index in [9.17, 15) is 13.2 Å². The number of aryl methyl sites for hydroxylation is 1. The van der Waals surface area contributed by atoms with Crippen molar-refractivity contribution in [2.45, 2.75) is 37.5 Å². The highest BCUT2D eigenvalue weighted by Crippen LogP contribution is 2.46. The summed E-state index contributed by atoms with van der Waals surface area (Å²) in [4.78, 5) is 13.2. The number of hydrogen-bond donors (Lipinski definition) is 1. The second-order valence-electron chi connectivity index (χ2n) is 8.33. The Kier molecular flexibility index (Phi) is 5.03. The molecule has 7 heteroatoms. The molecule has 0 unspecified atom stereocenters. The van der Waals surface area contributed by atoms with Crippen molar-refractivity contribution in [2.75, 3.05) is 32.8 Å². The van der Waals surface area contributed by atoms with E-state index in [2.05, 4.69) is 5.32 Å². The molecule has 1 aromatic rings. The van der Waals surface area contributed by atoms with Crippen LogP contribution in [0.15, 0.2) is 29.2 Å². The Morgan fingerprint density at radius 2 is 1.89 bits per heavy atom. The average Bonchev–Trinajstić information content (AvgIpc) is 3.42. The van der Waals surface area contributed by atoms with E-state index in [4.69, 9.17) is 4.74 Å². The molecular weight excluding hydrogens is 364 g/mol. The summed E-state index contributed by atoms with van der Waals surface area (Å²) < 4.78 is 33.4. The summed E-state index contributed by atoms with van der Waals surface area (Å²) in [6.07, 6.45) is 3.82. The van der Waals surface area contributed by atoms with Crippen LogP contribution in [0.5, 0.6) is 0 Å². The molecule has 3 aliphatic rings. The molecule has 1 spiro atoms. The second kappa shape index (κ2) is 7.18. The third kappa shape index (κ3) is 3.77. The molecule has 1 saturated carbocycles. The molecule has 4 rings (SSSR count). The molecule has 1 aliphatic carbocycles. The van der Waals surface area contributed by atoms with Gasteiger partial charge in [-0.3, -0.25) is 4.79 Å². The zero-order valence-corrected chi connectivity index (χ0v) is 16.6. The monoisotopic (exact) mass is 392 g/mol.